The minimum absolute atomic E-state index is 0.175. The summed E-state index contributed by atoms with van der Waals surface area (Å²) in [6.45, 7) is 6.37. The molecule has 2 aliphatic carbocycles. The lowest BCUT2D eigenvalue weighted by Crippen LogP contribution is -2.00. The Hall–Kier alpha value is -6.96. The second kappa shape index (κ2) is 12.8. The summed E-state index contributed by atoms with van der Waals surface area (Å²) in [5.74, 6) is 0.406. The lowest BCUT2D eigenvalue weighted by Gasteiger charge is -2.16. The fraction of sp³-hybridized carbons (Fsp3) is 0.0545. The molecule has 1 heteroatoms. The van der Waals surface area contributed by atoms with E-state index >= 15 is 0 Å². The van der Waals surface area contributed by atoms with Gasteiger partial charge in [0, 0.05) is 28.0 Å². The third kappa shape index (κ3) is 4.81. The summed E-state index contributed by atoms with van der Waals surface area (Å²) in [5, 5.41) is 5.03. The first kappa shape index (κ1) is 32.5. The van der Waals surface area contributed by atoms with Gasteiger partial charge in [-0.1, -0.05) is 176 Å². The van der Waals surface area contributed by atoms with E-state index < -0.39 is 0 Å². The number of nitrogens with zero attached hydrogens (tertiary/aromatic N) is 1. The van der Waals surface area contributed by atoms with Crippen LogP contribution in [0.3, 0.4) is 0 Å². The third-order valence-corrected chi connectivity index (χ3v) is 12.3. The molecule has 8 aromatic carbocycles. The minimum Gasteiger partial charge on any atom is -0.309 e. The van der Waals surface area contributed by atoms with Gasteiger partial charge in [0.2, 0.25) is 0 Å². The van der Waals surface area contributed by atoms with Crippen LogP contribution in [0.25, 0.3) is 66.1 Å². The SMILES string of the molecule is C=C/C=C\C1=C(C)C(c2ccccc2)c2ccc3c(c21)c1cc(-c2ccc4c(c2)-c2ccccc2C4c2ccccc2)ccc1n3-c1cccc2ccccc12. The first-order chi connectivity index (χ1) is 27.7. The van der Waals surface area contributed by atoms with Gasteiger partial charge in [-0.25, -0.2) is 0 Å². The fourth-order valence-electron chi connectivity index (χ4n) is 9.93. The van der Waals surface area contributed by atoms with E-state index in [0.717, 1.165) is 0 Å². The zero-order chi connectivity index (χ0) is 37.3. The van der Waals surface area contributed by atoms with Crippen LogP contribution in [0.4, 0.5) is 0 Å². The minimum atomic E-state index is 0.175. The molecular formula is C55H39N. The van der Waals surface area contributed by atoms with Crippen molar-refractivity contribution in [3.8, 4) is 27.9 Å². The Bertz CT molecular complexity index is 3100. The standard InChI is InChI=1S/C55H39N/c1-3-4-22-41-35(2)52(37-17-7-5-8-18-37)46-30-32-51-55(54(41)46)48-34-40(28-31-50(48)56(51)49-26-15-21-36-16-11-12-23-42(36)49)39-27-29-45-47(33-39)43-24-13-14-25-44(43)53(45)38-19-9-6-10-20-38/h3-34,52-53H,1H2,2H3/b22-4-. The molecule has 1 nitrogen and oxygen atoms in total. The lowest BCUT2D eigenvalue weighted by atomic mass is 9.88. The maximum atomic E-state index is 4.06. The van der Waals surface area contributed by atoms with Gasteiger partial charge in [0.15, 0.2) is 0 Å². The van der Waals surface area contributed by atoms with Gasteiger partial charge < -0.3 is 4.57 Å². The summed E-state index contributed by atoms with van der Waals surface area (Å²) in [4.78, 5) is 0. The van der Waals surface area contributed by atoms with Crippen LogP contribution in [-0.4, -0.2) is 4.57 Å². The van der Waals surface area contributed by atoms with E-state index in [-0.39, 0.29) is 11.8 Å². The zero-order valence-corrected chi connectivity index (χ0v) is 31.3. The molecule has 0 fully saturated rings. The smallest absolute Gasteiger partial charge is 0.0547 e. The summed E-state index contributed by atoms with van der Waals surface area (Å²) >= 11 is 0. The molecule has 0 radical (unpaired) electrons. The number of fused-ring (bicyclic) bond motifs is 9. The Labute approximate surface area is 327 Å². The summed E-state index contributed by atoms with van der Waals surface area (Å²) < 4.78 is 2.50. The maximum absolute atomic E-state index is 4.06. The van der Waals surface area contributed by atoms with Crippen molar-refractivity contribution in [3.05, 3.63) is 240 Å². The number of aromatic nitrogens is 1. The van der Waals surface area contributed by atoms with Gasteiger partial charge in [-0.05, 0) is 104 Å². The predicted molar refractivity (Wildman–Crippen MR) is 237 cm³/mol. The van der Waals surface area contributed by atoms with Gasteiger partial charge in [0.25, 0.3) is 0 Å². The molecule has 264 valence electrons. The fourth-order valence-corrected chi connectivity index (χ4v) is 9.93. The zero-order valence-electron chi connectivity index (χ0n) is 31.3. The van der Waals surface area contributed by atoms with Gasteiger partial charge in [-0.2, -0.15) is 0 Å². The van der Waals surface area contributed by atoms with Crippen molar-refractivity contribution >= 4 is 38.2 Å². The van der Waals surface area contributed by atoms with Crippen LogP contribution in [0, 0.1) is 0 Å². The first-order valence-corrected chi connectivity index (χ1v) is 19.6. The second-order valence-electron chi connectivity index (χ2n) is 15.3. The Morgan fingerprint density at radius 3 is 1.98 bits per heavy atom. The molecule has 2 unspecified atom stereocenters. The van der Waals surface area contributed by atoms with Gasteiger partial charge in [-0.3, -0.25) is 0 Å². The molecule has 0 spiro atoms. The maximum Gasteiger partial charge on any atom is 0.0547 e. The number of benzene rings is 8. The van der Waals surface area contributed by atoms with E-state index in [1.807, 2.05) is 6.08 Å². The first-order valence-electron chi connectivity index (χ1n) is 19.6. The van der Waals surface area contributed by atoms with Crippen molar-refractivity contribution in [2.45, 2.75) is 18.8 Å². The molecule has 0 N–H and O–H groups in total. The molecule has 1 aromatic heterocycles. The van der Waals surface area contributed by atoms with Gasteiger partial charge in [0.05, 0.1) is 16.7 Å². The molecule has 2 atom stereocenters. The molecule has 1 heterocycles. The number of allylic oxidation sites excluding steroid dienone is 5. The van der Waals surface area contributed by atoms with Crippen molar-refractivity contribution in [2.75, 3.05) is 0 Å². The Balaban J connectivity index is 1.19. The highest BCUT2D eigenvalue weighted by atomic mass is 15.0. The lowest BCUT2D eigenvalue weighted by molar-refractivity contribution is 0.977. The van der Waals surface area contributed by atoms with Gasteiger partial charge in [0.1, 0.15) is 0 Å². The Kier molecular flexibility index (Phi) is 7.44. The van der Waals surface area contributed by atoms with Crippen LogP contribution in [0.2, 0.25) is 0 Å². The molecule has 11 rings (SSSR count). The van der Waals surface area contributed by atoms with Crippen molar-refractivity contribution in [2.24, 2.45) is 0 Å². The number of hydrogen-bond donors (Lipinski definition) is 0. The van der Waals surface area contributed by atoms with Gasteiger partial charge in [-0.15, -0.1) is 0 Å². The highest BCUT2D eigenvalue weighted by Crippen LogP contribution is 2.52. The van der Waals surface area contributed by atoms with E-state index in [1.54, 1.807) is 0 Å². The van der Waals surface area contributed by atoms with Crippen LogP contribution in [-0.2, 0) is 0 Å². The van der Waals surface area contributed by atoms with E-state index in [9.17, 15) is 0 Å². The predicted octanol–water partition coefficient (Wildman–Crippen LogP) is 14.4. The van der Waals surface area contributed by atoms with Crippen LogP contribution in [0.15, 0.2) is 206 Å². The average molecular weight is 714 g/mol. The summed E-state index contributed by atoms with van der Waals surface area (Å²) in [6.07, 6.45) is 6.26. The normalized spacial score (nSPS) is 15.9. The molecule has 56 heavy (non-hydrogen) atoms. The quantitative estimate of drug-likeness (QED) is 0.151. The summed E-state index contributed by atoms with van der Waals surface area (Å²) in [5.41, 5.74) is 19.4. The van der Waals surface area contributed by atoms with Crippen LogP contribution in [0.1, 0.15) is 52.1 Å². The Morgan fingerprint density at radius 2 is 1.16 bits per heavy atom. The largest absolute Gasteiger partial charge is 0.309 e. The van der Waals surface area contributed by atoms with Crippen molar-refractivity contribution in [1.82, 2.24) is 4.57 Å². The van der Waals surface area contributed by atoms with E-state index in [2.05, 4.69) is 206 Å². The topological polar surface area (TPSA) is 4.93 Å². The molecule has 9 aromatic rings. The van der Waals surface area contributed by atoms with Crippen LogP contribution in [0.5, 0.6) is 0 Å². The highest BCUT2D eigenvalue weighted by molar-refractivity contribution is 6.18. The average Bonchev–Trinajstić information content (AvgIpc) is 3.87. The van der Waals surface area contributed by atoms with E-state index in [0.29, 0.717) is 0 Å². The van der Waals surface area contributed by atoms with Crippen LogP contribution < -0.4 is 0 Å². The molecule has 0 saturated heterocycles. The van der Waals surface area contributed by atoms with E-state index in [1.165, 1.54) is 105 Å². The second-order valence-corrected chi connectivity index (χ2v) is 15.3. The van der Waals surface area contributed by atoms with Gasteiger partial charge >= 0.3 is 0 Å². The summed E-state index contributed by atoms with van der Waals surface area (Å²) in [7, 11) is 0. The summed E-state index contributed by atoms with van der Waals surface area (Å²) in [6, 6.07) is 65.3. The van der Waals surface area contributed by atoms with Crippen LogP contribution >= 0.6 is 0 Å². The molecule has 0 saturated carbocycles. The molecule has 0 amide bonds. The van der Waals surface area contributed by atoms with Crippen molar-refractivity contribution in [3.63, 3.8) is 0 Å². The monoisotopic (exact) mass is 713 g/mol. The Morgan fingerprint density at radius 1 is 0.518 bits per heavy atom. The van der Waals surface area contributed by atoms with E-state index in [4.69, 9.17) is 0 Å². The third-order valence-electron chi connectivity index (χ3n) is 12.3. The molecular weight excluding hydrogens is 675 g/mol. The van der Waals surface area contributed by atoms with Crippen molar-refractivity contribution < 1.29 is 0 Å². The number of hydrogen-bond acceptors (Lipinski definition) is 0. The number of rotatable bonds is 6. The molecule has 0 aliphatic heterocycles. The van der Waals surface area contributed by atoms with Crippen molar-refractivity contribution in [1.29, 1.82) is 0 Å². The highest BCUT2D eigenvalue weighted by Gasteiger charge is 2.33. The molecule has 2 aliphatic rings. The molecule has 0 bridgehead atoms.